The summed E-state index contributed by atoms with van der Waals surface area (Å²) in [4.78, 5) is 14.7. The van der Waals surface area contributed by atoms with E-state index in [4.69, 9.17) is 0 Å². The molecule has 1 aromatic heterocycles. The van der Waals surface area contributed by atoms with Gasteiger partial charge in [-0.25, -0.2) is 9.89 Å². The van der Waals surface area contributed by atoms with E-state index in [0.29, 0.717) is 5.82 Å². The van der Waals surface area contributed by atoms with Crippen LogP contribution in [0.3, 0.4) is 0 Å². The van der Waals surface area contributed by atoms with Gasteiger partial charge >= 0.3 is 5.69 Å². The zero-order chi connectivity index (χ0) is 10.7. The van der Waals surface area contributed by atoms with Crippen molar-refractivity contribution in [3.05, 3.63) is 34.7 Å². The van der Waals surface area contributed by atoms with Gasteiger partial charge in [0, 0.05) is 10.5 Å². The Balaban J connectivity index is 2.27. The summed E-state index contributed by atoms with van der Waals surface area (Å²) in [6.45, 7) is 2.11. The first-order valence-corrected chi connectivity index (χ1v) is 5.66. The highest BCUT2D eigenvalue weighted by Crippen LogP contribution is 2.20. The van der Waals surface area contributed by atoms with E-state index in [1.165, 1.54) is 4.90 Å². The van der Waals surface area contributed by atoms with Crippen LogP contribution in [0.2, 0.25) is 0 Å². The highest BCUT2D eigenvalue weighted by molar-refractivity contribution is 7.99. The zero-order valence-corrected chi connectivity index (χ0v) is 9.10. The second-order valence-corrected chi connectivity index (χ2v) is 4.32. The molecule has 0 aliphatic carbocycles. The van der Waals surface area contributed by atoms with Crippen LogP contribution in [0.1, 0.15) is 6.92 Å². The second-order valence-electron chi connectivity index (χ2n) is 2.98. The van der Waals surface area contributed by atoms with Gasteiger partial charge in [-0.15, -0.1) is 11.8 Å². The number of hydrogen-bond acceptors (Lipinski definition) is 3. The first kappa shape index (κ1) is 10.0. The van der Waals surface area contributed by atoms with Gasteiger partial charge < -0.3 is 0 Å². The van der Waals surface area contributed by atoms with Crippen LogP contribution >= 0.6 is 11.8 Å². The van der Waals surface area contributed by atoms with Gasteiger partial charge in [-0.05, 0) is 17.9 Å². The zero-order valence-electron chi connectivity index (χ0n) is 8.28. The number of aromatic amines is 2. The Kier molecular flexibility index (Phi) is 2.91. The van der Waals surface area contributed by atoms with Gasteiger partial charge in [0.05, 0.1) is 0 Å². The molecule has 5 heteroatoms. The third-order valence-corrected chi connectivity index (χ3v) is 2.83. The summed E-state index contributed by atoms with van der Waals surface area (Å²) in [6, 6.07) is 7.95. The number of H-pyrrole nitrogens is 2. The number of rotatable bonds is 3. The van der Waals surface area contributed by atoms with Gasteiger partial charge in [0.1, 0.15) is 0 Å². The van der Waals surface area contributed by atoms with Crippen molar-refractivity contribution >= 4 is 11.8 Å². The van der Waals surface area contributed by atoms with Crippen molar-refractivity contribution in [2.75, 3.05) is 5.75 Å². The van der Waals surface area contributed by atoms with Crippen molar-refractivity contribution in [3.63, 3.8) is 0 Å². The third kappa shape index (κ3) is 2.30. The molecule has 78 valence electrons. The average Bonchev–Trinajstić information content (AvgIpc) is 2.67. The van der Waals surface area contributed by atoms with Gasteiger partial charge in [-0.3, -0.25) is 4.98 Å². The number of thioether (sulfide) groups is 1. The molecule has 4 nitrogen and oxygen atoms in total. The van der Waals surface area contributed by atoms with Crippen molar-refractivity contribution in [1.82, 2.24) is 15.2 Å². The molecule has 0 radical (unpaired) electrons. The summed E-state index contributed by atoms with van der Waals surface area (Å²) in [7, 11) is 0. The summed E-state index contributed by atoms with van der Waals surface area (Å²) in [5, 5.41) is 6.20. The molecule has 0 saturated heterocycles. The Morgan fingerprint density at radius 1 is 1.33 bits per heavy atom. The van der Waals surface area contributed by atoms with Crippen LogP contribution in [0.15, 0.2) is 34.0 Å². The number of aromatic nitrogens is 3. The maximum Gasteiger partial charge on any atom is 0.340 e. The molecule has 0 aliphatic rings. The lowest BCUT2D eigenvalue weighted by Gasteiger charge is -1.99. The molecule has 0 bridgehead atoms. The Bertz CT molecular complexity index is 486. The molecule has 15 heavy (non-hydrogen) atoms. The molecular formula is C10H11N3OS. The van der Waals surface area contributed by atoms with Gasteiger partial charge in [0.2, 0.25) is 0 Å². The largest absolute Gasteiger partial charge is 0.340 e. The monoisotopic (exact) mass is 221 g/mol. The third-order valence-electron chi connectivity index (χ3n) is 1.94. The van der Waals surface area contributed by atoms with Crippen molar-refractivity contribution in [3.8, 4) is 11.4 Å². The molecule has 0 spiro atoms. The predicted molar refractivity (Wildman–Crippen MR) is 61.0 cm³/mol. The lowest BCUT2D eigenvalue weighted by Crippen LogP contribution is -2.00. The van der Waals surface area contributed by atoms with Crippen LogP contribution in [0.5, 0.6) is 0 Å². The predicted octanol–water partition coefficient (Wildman–Crippen LogP) is 1.88. The number of hydrogen-bond donors (Lipinski definition) is 2. The van der Waals surface area contributed by atoms with Gasteiger partial charge in [0.25, 0.3) is 0 Å². The Morgan fingerprint density at radius 3 is 2.60 bits per heavy atom. The van der Waals surface area contributed by atoms with E-state index >= 15 is 0 Å². The molecule has 2 aromatic rings. The van der Waals surface area contributed by atoms with Crippen molar-refractivity contribution in [2.24, 2.45) is 0 Å². The van der Waals surface area contributed by atoms with E-state index in [2.05, 4.69) is 22.1 Å². The Morgan fingerprint density at radius 2 is 2.07 bits per heavy atom. The second kappa shape index (κ2) is 4.35. The molecule has 0 amide bonds. The molecule has 2 rings (SSSR count). The standard InChI is InChI=1S/C10H11N3OS/c1-2-15-8-5-3-7(4-6-8)9-11-10(14)13-12-9/h3-6H,2H2,1H3,(H2,11,12,13,14). The van der Waals surface area contributed by atoms with Crippen LogP contribution in [-0.2, 0) is 0 Å². The molecule has 0 fully saturated rings. The molecule has 1 aromatic carbocycles. The van der Waals surface area contributed by atoms with Crippen molar-refractivity contribution in [2.45, 2.75) is 11.8 Å². The lowest BCUT2D eigenvalue weighted by molar-refractivity contribution is 1.05. The normalized spacial score (nSPS) is 10.5. The van der Waals surface area contributed by atoms with E-state index in [1.807, 2.05) is 24.3 Å². The summed E-state index contributed by atoms with van der Waals surface area (Å²) < 4.78 is 0. The fraction of sp³-hybridized carbons (Fsp3) is 0.200. The summed E-state index contributed by atoms with van der Waals surface area (Å²) in [5.41, 5.74) is 0.630. The number of benzene rings is 1. The average molecular weight is 221 g/mol. The smallest absolute Gasteiger partial charge is 0.289 e. The molecular weight excluding hydrogens is 210 g/mol. The molecule has 1 heterocycles. The minimum Gasteiger partial charge on any atom is -0.289 e. The van der Waals surface area contributed by atoms with Gasteiger partial charge in [0.15, 0.2) is 5.82 Å². The fourth-order valence-electron chi connectivity index (χ4n) is 1.28. The highest BCUT2D eigenvalue weighted by Gasteiger charge is 2.01. The summed E-state index contributed by atoms with van der Waals surface area (Å²) in [6.07, 6.45) is 0. The van der Waals surface area contributed by atoms with Crippen LogP contribution in [0, 0.1) is 0 Å². The van der Waals surface area contributed by atoms with E-state index in [9.17, 15) is 4.79 Å². The molecule has 2 N–H and O–H groups in total. The van der Waals surface area contributed by atoms with Crippen LogP contribution in [0.25, 0.3) is 11.4 Å². The fourth-order valence-corrected chi connectivity index (χ4v) is 1.94. The van der Waals surface area contributed by atoms with Crippen LogP contribution in [-0.4, -0.2) is 20.9 Å². The quantitative estimate of drug-likeness (QED) is 0.778. The van der Waals surface area contributed by atoms with Crippen molar-refractivity contribution < 1.29 is 0 Å². The Hall–Kier alpha value is -1.49. The number of nitrogens with zero attached hydrogens (tertiary/aromatic N) is 1. The van der Waals surface area contributed by atoms with E-state index in [0.717, 1.165) is 11.3 Å². The Labute approximate surface area is 91.1 Å². The SMILES string of the molecule is CCSc1ccc(-c2n[nH]c(=O)[nH]2)cc1. The minimum atomic E-state index is -0.281. The van der Waals surface area contributed by atoms with E-state index < -0.39 is 0 Å². The van der Waals surface area contributed by atoms with E-state index in [-0.39, 0.29) is 5.69 Å². The highest BCUT2D eigenvalue weighted by atomic mass is 32.2. The topological polar surface area (TPSA) is 61.5 Å². The summed E-state index contributed by atoms with van der Waals surface area (Å²) >= 11 is 1.78. The lowest BCUT2D eigenvalue weighted by atomic mass is 10.2. The maximum atomic E-state index is 10.9. The molecule has 0 aliphatic heterocycles. The van der Waals surface area contributed by atoms with E-state index in [1.54, 1.807) is 11.8 Å². The van der Waals surface area contributed by atoms with Gasteiger partial charge in [-0.2, -0.15) is 5.10 Å². The maximum absolute atomic E-state index is 10.9. The van der Waals surface area contributed by atoms with Crippen LogP contribution in [0.4, 0.5) is 0 Å². The van der Waals surface area contributed by atoms with Crippen molar-refractivity contribution in [1.29, 1.82) is 0 Å². The molecule has 0 atom stereocenters. The van der Waals surface area contributed by atoms with Gasteiger partial charge in [-0.1, -0.05) is 19.1 Å². The first-order valence-electron chi connectivity index (χ1n) is 4.67. The minimum absolute atomic E-state index is 0.281. The molecule has 0 unspecified atom stereocenters. The molecule has 0 saturated carbocycles. The summed E-state index contributed by atoms with van der Waals surface area (Å²) in [5.74, 6) is 1.63. The van der Waals surface area contributed by atoms with Crippen LogP contribution < -0.4 is 5.69 Å². The number of nitrogens with one attached hydrogen (secondary N) is 2. The first-order chi connectivity index (χ1) is 7.29.